The number of amides is 2. The Labute approximate surface area is 144 Å². The molecule has 25 heavy (non-hydrogen) atoms. The molecule has 128 valence electrons. The molecule has 2 aromatic carbocycles. The average molecular weight is 339 g/mol. The number of nitrogens with one attached hydrogen (secondary N) is 1. The van der Waals surface area contributed by atoms with Crippen LogP contribution in [0, 0.1) is 10.1 Å². The van der Waals surface area contributed by atoms with Crippen LogP contribution >= 0.6 is 0 Å². The number of hydrogen-bond acceptors (Lipinski definition) is 4. The monoisotopic (exact) mass is 339 g/mol. The van der Waals surface area contributed by atoms with E-state index in [0.29, 0.717) is 24.1 Å². The number of aryl methyl sites for hydroxylation is 1. The van der Waals surface area contributed by atoms with Gasteiger partial charge < -0.3 is 10.2 Å². The van der Waals surface area contributed by atoms with Gasteiger partial charge in [-0.05, 0) is 35.7 Å². The Bertz CT molecular complexity index is 846. The lowest BCUT2D eigenvalue weighted by atomic mass is 10.0. The number of rotatable bonds is 4. The standard InChI is InChI=1S/C18H17N3O4/c1-20-16-8-5-14(11-13(16)4-9-18(20)23)19-17(22)10-12-2-6-15(7-3-12)21(24)25/h2-3,5-8,11H,4,9-10H2,1H3,(H,19,22). The van der Waals surface area contributed by atoms with Gasteiger partial charge in [0.25, 0.3) is 5.69 Å². The fourth-order valence-electron chi connectivity index (χ4n) is 2.86. The van der Waals surface area contributed by atoms with Gasteiger partial charge in [0.1, 0.15) is 0 Å². The number of anilines is 2. The first-order valence-electron chi connectivity index (χ1n) is 7.87. The summed E-state index contributed by atoms with van der Waals surface area (Å²) < 4.78 is 0. The van der Waals surface area contributed by atoms with Crippen LogP contribution < -0.4 is 10.2 Å². The molecule has 0 spiro atoms. The highest BCUT2D eigenvalue weighted by Crippen LogP contribution is 2.29. The van der Waals surface area contributed by atoms with E-state index >= 15 is 0 Å². The molecule has 7 nitrogen and oxygen atoms in total. The fourth-order valence-corrected chi connectivity index (χ4v) is 2.86. The van der Waals surface area contributed by atoms with Gasteiger partial charge in [0, 0.05) is 37.0 Å². The molecule has 0 radical (unpaired) electrons. The second kappa shape index (κ2) is 6.72. The summed E-state index contributed by atoms with van der Waals surface area (Å²) in [6.07, 6.45) is 1.25. The zero-order chi connectivity index (χ0) is 18.0. The fraction of sp³-hybridized carbons (Fsp3) is 0.222. The minimum Gasteiger partial charge on any atom is -0.326 e. The maximum absolute atomic E-state index is 12.2. The Kier molecular flexibility index (Phi) is 4.47. The lowest BCUT2D eigenvalue weighted by Gasteiger charge is -2.26. The first-order valence-corrected chi connectivity index (χ1v) is 7.87. The van der Waals surface area contributed by atoms with Crippen LogP contribution in [-0.4, -0.2) is 23.8 Å². The van der Waals surface area contributed by atoms with Crippen molar-refractivity contribution in [1.29, 1.82) is 0 Å². The lowest BCUT2D eigenvalue weighted by molar-refractivity contribution is -0.384. The zero-order valence-corrected chi connectivity index (χ0v) is 13.7. The van der Waals surface area contributed by atoms with E-state index < -0.39 is 4.92 Å². The second-order valence-electron chi connectivity index (χ2n) is 5.94. The van der Waals surface area contributed by atoms with Gasteiger partial charge in [-0.2, -0.15) is 0 Å². The van der Waals surface area contributed by atoms with Crippen molar-refractivity contribution in [3.8, 4) is 0 Å². The molecule has 0 bridgehead atoms. The highest BCUT2D eigenvalue weighted by atomic mass is 16.6. The SMILES string of the molecule is CN1C(=O)CCc2cc(NC(=O)Cc3ccc([N+](=O)[O-])cc3)ccc21. The van der Waals surface area contributed by atoms with Crippen molar-refractivity contribution in [3.05, 3.63) is 63.7 Å². The summed E-state index contributed by atoms with van der Waals surface area (Å²) in [5.74, 6) is -0.114. The summed E-state index contributed by atoms with van der Waals surface area (Å²) in [4.78, 5) is 35.7. The molecule has 1 aliphatic rings. The van der Waals surface area contributed by atoms with Crippen LogP contribution in [0.5, 0.6) is 0 Å². The Hall–Kier alpha value is -3.22. The van der Waals surface area contributed by atoms with E-state index in [2.05, 4.69) is 5.32 Å². The first-order chi connectivity index (χ1) is 11.9. The molecule has 0 aliphatic carbocycles. The number of carbonyl (C=O) groups is 2. The number of nitro benzene ring substituents is 1. The average Bonchev–Trinajstić information content (AvgIpc) is 2.58. The molecule has 2 amide bonds. The Morgan fingerprint density at radius 3 is 2.60 bits per heavy atom. The number of nitro groups is 1. The Morgan fingerprint density at radius 1 is 1.20 bits per heavy atom. The van der Waals surface area contributed by atoms with Crippen LogP contribution in [0.25, 0.3) is 0 Å². The van der Waals surface area contributed by atoms with Gasteiger partial charge >= 0.3 is 0 Å². The molecule has 0 aromatic heterocycles. The molecule has 0 fully saturated rings. The normalized spacial score (nSPS) is 13.3. The number of nitrogens with zero attached hydrogens (tertiary/aromatic N) is 2. The highest BCUT2D eigenvalue weighted by Gasteiger charge is 2.21. The first kappa shape index (κ1) is 16.6. The Balaban J connectivity index is 1.67. The lowest BCUT2D eigenvalue weighted by Crippen LogP contribution is -2.31. The van der Waals surface area contributed by atoms with E-state index in [1.165, 1.54) is 12.1 Å². The van der Waals surface area contributed by atoms with Crippen LogP contribution in [0.15, 0.2) is 42.5 Å². The van der Waals surface area contributed by atoms with Gasteiger partial charge in [-0.25, -0.2) is 0 Å². The largest absolute Gasteiger partial charge is 0.326 e. The predicted molar refractivity (Wildman–Crippen MR) is 93.6 cm³/mol. The van der Waals surface area contributed by atoms with E-state index in [4.69, 9.17) is 0 Å². The summed E-state index contributed by atoms with van der Waals surface area (Å²) in [7, 11) is 1.74. The summed E-state index contributed by atoms with van der Waals surface area (Å²) >= 11 is 0. The molecular weight excluding hydrogens is 322 g/mol. The summed E-state index contributed by atoms with van der Waals surface area (Å²) in [5, 5.41) is 13.5. The van der Waals surface area contributed by atoms with E-state index in [9.17, 15) is 19.7 Å². The summed E-state index contributed by atoms with van der Waals surface area (Å²) in [6.45, 7) is 0. The smallest absolute Gasteiger partial charge is 0.269 e. The van der Waals surface area contributed by atoms with Crippen molar-refractivity contribution in [2.75, 3.05) is 17.3 Å². The minimum absolute atomic E-state index is 0.00230. The molecule has 0 saturated carbocycles. The van der Waals surface area contributed by atoms with Crippen LogP contribution in [0.3, 0.4) is 0 Å². The molecule has 7 heteroatoms. The molecule has 0 atom stereocenters. The molecule has 0 saturated heterocycles. The second-order valence-corrected chi connectivity index (χ2v) is 5.94. The highest BCUT2D eigenvalue weighted by molar-refractivity contribution is 5.97. The maximum atomic E-state index is 12.2. The van der Waals surface area contributed by atoms with E-state index in [0.717, 1.165) is 11.3 Å². The molecular formula is C18H17N3O4. The van der Waals surface area contributed by atoms with Crippen molar-refractivity contribution in [3.63, 3.8) is 0 Å². The van der Waals surface area contributed by atoms with Crippen molar-refractivity contribution in [2.45, 2.75) is 19.3 Å². The van der Waals surface area contributed by atoms with Gasteiger partial charge in [0.05, 0.1) is 11.3 Å². The quantitative estimate of drug-likeness (QED) is 0.684. The van der Waals surface area contributed by atoms with Gasteiger partial charge in [-0.3, -0.25) is 19.7 Å². The van der Waals surface area contributed by atoms with Crippen LogP contribution in [0.2, 0.25) is 0 Å². The van der Waals surface area contributed by atoms with Gasteiger partial charge in [0.15, 0.2) is 0 Å². The van der Waals surface area contributed by atoms with Gasteiger partial charge in [-0.15, -0.1) is 0 Å². The third-order valence-electron chi connectivity index (χ3n) is 4.22. The summed E-state index contributed by atoms with van der Waals surface area (Å²) in [5.41, 5.74) is 3.26. The van der Waals surface area contributed by atoms with Gasteiger partial charge in [-0.1, -0.05) is 12.1 Å². The third kappa shape index (κ3) is 3.65. The van der Waals surface area contributed by atoms with Crippen molar-refractivity contribution in [1.82, 2.24) is 0 Å². The van der Waals surface area contributed by atoms with Crippen LogP contribution in [-0.2, 0) is 22.4 Å². The summed E-state index contributed by atoms with van der Waals surface area (Å²) in [6, 6.07) is 11.4. The van der Waals surface area contributed by atoms with Crippen molar-refractivity contribution in [2.24, 2.45) is 0 Å². The van der Waals surface area contributed by atoms with Crippen molar-refractivity contribution >= 4 is 28.9 Å². The van der Waals surface area contributed by atoms with Crippen LogP contribution in [0.1, 0.15) is 17.5 Å². The number of carbonyl (C=O) groups excluding carboxylic acids is 2. The third-order valence-corrected chi connectivity index (χ3v) is 4.22. The van der Waals surface area contributed by atoms with E-state index in [-0.39, 0.29) is 23.9 Å². The maximum Gasteiger partial charge on any atom is 0.269 e. The molecule has 2 aromatic rings. The van der Waals surface area contributed by atoms with E-state index in [1.54, 1.807) is 30.1 Å². The topological polar surface area (TPSA) is 92.6 Å². The number of hydrogen-bond donors (Lipinski definition) is 1. The Morgan fingerprint density at radius 2 is 1.92 bits per heavy atom. The molecule has 1 aliphatic heterocycles. The molecule has 1 heterocycles. The minimum atomic E-state index is -0.473. The number of fused-ring (bicyclic) bond motifs is 1. The molecule has 0 unspecified atom stereocenters. The predicted octanol–water partition coefficient (Wildman–Crippen LogP) is 2.69. The van der Waals surface area contributed by atoms with Crippen molar-refractivity contribution < 1.29 is 14.5 Å². The van der Waals surface area contributed by atoms with Gasteiger partial charge in [0.2, 0.25) is 11.8 Å². The number of non-ortho nitro benzene ring substituents is 1. The molecule has 3 rings (SSSR count). The number of benzene rings is 2. The van der Waals surface area contributed by atoms with Crippen LogP contribution in [0.4, 0.5) is 17.1 Å². The zero-order valence-electron chi connectivity index (χ0n) is 13.7. The van der Waals surface area contributed by atoms with E-state index in [1.807, 2.05) is 12.1 Å². The molecule has 1 N–H and O–H groups in total.